The molecule has 1 aromatic carbocycles. The Hall–Kier alpha value is -0.301. The summed E-state index contributed by atoms with van der Waals surface area (Å²) in [6.45, 7) is 0. The van der Waals surface area contributed by atoms with E-state index < -0.39 is 0 Å². The van der Waals surface area contributed by atoms with Crippen molar-refractivity contribution in [2.75, 3.05) is 0 Å². The summed E-state index contributed by atoms with van der Waals surface area (Å²) >= 11 is 4.82. The van der Waals surface area contributed by atoms with Crippen LogP contribution in [0.2, 0.25) is 0 Å². The molecule has 2 heteroatoms. The molecule has 0 aliphatic heterocycles. The van der Waals surface area contributed by atoms with Gasteiger partial charge in [-0.25, -0.2) is 0 Å². The zero-order valence-corrected chi connectivity index (χ0v) is 7.73. The Balaban J connectivity index is 2.93. The summed E-state index contributed by atoms with van der Waals surface area (Å²) in [5.41, 5.74) is 0. The van der Waals surface area contributed by atoms with Gasteiger partial charge in [0.05, 0.1) is 0 Å². The molecule has 2 aromatic rings. The van der Waals surface area contributed by atoms with Crippen molar-refractivity contribution in [3.8, 4) is 0 Å². The van der Waals surface area contributed by atoms with Crippen LogP contribution in [-0.2, 0) is 0 Å². The van der Waals surface area contributed by atoms with Crippen molar-refractivity contribution >= 4 is 41.9 Å². The van der Waals surface area contributed by atoms with E-state index >= 15 is 0 Å². The molecule has 0 aliphatic carbocycles. The van der Waals surface area contributed by atoms with Gasteiger partial charge in [0, 0.05) is 0 Å². The first-order chi connectivity index (χ1) is 4.88. The van der Waals surface area contributed by atoms with Crippen LogP contribution >= 0.6 is 11.3 Å². The van der Waals surface area contributed by atoms with Gasteiger partial charge in [-0.3, -0.25) is 0 Å². The number of thiophene rings is 1. The molecule has 0 saturated heterocycles. The molecule has 0 spiro atoms. The van der Waals surface area contributed by atoms with Crippen molar-refractivity contribution in [2.24, 2.45) is 0 Å². The van der Waals surface area contributed by atoms with E-state index in [1.54, 1.807) is 11.3 Å². The molecule has 10 heavy (non-hydrogen) atoms. The molecule has 0 aliphatic rings. The SMILES string of the molecule is [Se]c1csc2ccccc12. The molecule has 0 bridgehead atoms. The van der Waals surface area contributed by atoms with Crippen LogP contribution in [0.1, 0.15) is 0 Å². The van der Waals surface area contributed by atoms with Crippen LogP contribution in [0.4, 0.5) is 0 Å². The monoisotopic (exact) mass is 213 g/mol. The first kappa shape index (κ1) is 6.41. The zero-order chi connectivity index (χ0) is 6.97. The van der Waals surface area contributed by atoms with Gasteiger partial charge in [0.1, 0.15) is 0 Å². The third-order valence-corrected chi connectivity index (χ3v) is 3.45. The van der Waals surface area contributed by atoms with Crippen LogP contribution in [-0.4, -0.2) is 16.0 Å². The van der Waals surface area contributed by atoms with E-state index in [4.69, 9.17) is 0 Å². The first-order valence-corrected chi connectivity index (χ1v) is 4.75. The molecule has 0 saturated carbocycles. The summed E-state index contributed by atoms with van der Waals surface area (Å²) < 4.78 is 2.62. The van der Waals surface area contributed by atoms with Gasteiger partial charge in [-0.05, 0) is 0 Å². The van der Waals surface area contributed by atoms with Gasteiger partial charge in [0.15, 0.2) is 0 Å². The second-order valence-corrected chi connectivity index (χ2v) is 3.93. The fraction of sp³-hybridized carbons (Fsp3) is 0. The number of benzene rings is 1. The van der Waals surface area contributed by atoms with Crippen molar-refractivity contribution < 1.29 is 0 Å². The van der Waals surface area contributed by atoms with E-state index in [9.17, 15) is 0 Å². The van der Waals surface area contributed by atoms with Crippen LogP contribution in [0, 0.1) is 0 Å². The fourth-order valence-electron chi connectivity index (χ4n) is 0.953. The van der Waals surface area contributed by atoms with Crippen molar-refractivity contribution in [2.45, 2.75) is 0 Å². The topological polar surface area (TPSA) is 0 Å². The summed E-state index contributed by atoms with van der Waals surface area (Å²) in [7, 11) is 0. The minimum absolute atomic E-state index is 1.26. The molecule has 0 N–H and O–H groups in total. The number of rotatable bonds is 0. The molecule has 1 radical (unpaired) electrons. The number of hydrogen-bond donors (Lipinski definition) is 0. The second kappa shape index (κ2) is 2.39. The van der Waals surface area contributed by atoms with Gasteiger partial charge >= 0.3 is 71.5 Å². The summed E-state index contributed by atoms with van der Waals surface area (Å²) in [6.07, 6.45) is 0. The predicted molar refractivity (Wildman–Crippen MR) is 47.2 cm³/mol. The Labute approximate surface area is 71.7 Å². The summed E-state index contributed by atoms with van der Waals surface area (Å²) in [5.74, 6) is 0. The van der Waals surface area contributed by atoms with Gasteiger partial charge in [0.25, 0.3) is 0 Å². The Morgan fingerprint density at radius 3 is 2.80 bits per heavy atom. The Morgan fingerprint density at radius 1 is 1.20 bits per heavy atom. The van der Waals surface area contributed by atoms with Crippen LogP contribution in [0.15, 0.2) is 29.6 Å². The zero-order valence-electron chi connectivity index (χ0n) is 5.20. The summed E-state index contributed by atoms with van der Waals surface area (Å²) in [6, 6.07) is 8.41. The van der Waals surface area contributed by atoms with Gasteiger partial charge in [-0.15, -0.1) is 0 Å². The molecular formula is C8H5SSe. The normalized spacial score (nSPS) is 10.4. The van der Waals surface area contributed by atoms with Gasteiger partial charge in [-0.1, -0.05) is 0 Å². The molecule has 0 unspecified atom stereocenters. The Bertz CT molecular complexity index is 351. The molecule has 49 valence electrons. The van der Waals surface area contributed by atoms with Gasteiger partial charge in [-0.2, -0.15) is 0 Å². The van der Waals surface area contributed by atoms with Crippen LogP contribution < -0.4 is 4.46 Å². The number of hydrogen-bond acceptors (Lipinski definition) is 1. The van der Waals surface area contributed by atoms with E-state index in [1.807, 2.05) is 0 Å². The van der Waals surface area contributed by atoms with E-state index in [1.165, 1.54) is 14.5 Å². The van der Waals surface area contributed by atoms with Crippen LogP contribution in [0.25, 0.3) is 10.1 Å². The molecule has 0 atom stereocenters. The second-order valence-electron chi connectivity index (χ2n) is 2.10. The maximum atomic E-state index is 3.04. The minimum atomic E-state index is 1.26. The fourth-order valence-corrected chi connectivity index (χ4v) is 2.60. The Morgan fingerprint density at radius 2 is 2.00 bits per heavy atom. The molecule has 1 aromatic heterocycles. The third kappa shape index (κ3) is 0.891. The molecule has 1 heterocycles. The molecular weight excluding hydrogens is 207 g/mol. The molecule has 0 fully saturated rings. The van der Waals surface area contributed by atoms with E-state index in [-0.39, 0.29) is 0 Å². The number of fused-ring (bicyclic) bond motifs is 1. The third-order valence-electron chi connectivity index (χ3n) is 1.45. The average molecular weight is 212 g/mol. The molecule has 0 amide bonds. The quantitative estimate of drug-likeness (QED) is 0.583. The van der Waals surface area contributed by atoms with E-state index in [2.05, 4.69) is 45.7 Å². The standard InChI is InChI=1S/C8H5SSe/c10-8-5-9-7-4-2-1-3-6(7)8/h1-5H. The Kier molecular flexibility index (Phi) is 1.53. The van der Waals surface area contributed by atoms with Gasteiger partial charge in [0.2, 0.25) is 0 Å². The average Bonchev–Trinajstić information content (AvgIpc) is 2.34. The van der Waals surface area contributed by atoms with Crippen LogP contribution in [0.5, 0.6) is 0 Å². The first-order valence-electron chi connectivity index (χ1n) is 3.01. The molecule has 2 rings (SSSR count). The maximum absolute atomic E-state index is 3.04. The van der Waals surface area contributed by atoms with Gasteiger partial charge < -0.3 is 0 Å². The van der Waals surface area contributed by atoms with Crippen molar-refractivity contribution in [1.29, 1.82) is 0 Å². The summed E-state index contributed by atoms with van der Waals surface area (Å²) in [5, 5.41) is 3.48. The van der Waals surface area contributed by atoms with Crippen LogP contribution in [0.3, 0.4) is 0 Å². The molecule has 0 nitrogen and oxygen atoms in total. The van der Waals surface area contributed by atoms with E-state index in [0.717, 1.165) is 0 Å². The van der Waals surface area contributed by atoms with Crippen molar-refractivity contribution in [1.82, 2.24) is 0 Å². The van der Waals surface area contributed by atoms with Crippen molar-refractivity contribution in [3.05, 3.63) is 29.6 Å². The predicted octanol–water partition coefficient (Wildman–Crippen LogP) is 1.70. The van der Waals surface area contributed by atoms with Crippen molar-refractivity contribution in [3.63, 3.8) is 0 Å². The van der Waals surface area contributed by atoms with E-state index in [0.29, 0.717) is 0 Å². The summed E-state index contributed by atoms with van der Waals surface area (Å²) in [4.78, 5) is 0.